The molecule has 1 heterocycles. The van der Waals surface area contributed by atoms with Crippen LogP contribution in [-0.4, -0.2) is 42.8 Å². The molecule has 1 amide bonds. The average molecular weight is 316 g/mol. The number of amides is 1. The molecule has 0 saturated carbocycles. The number of carbonyl (C=O) groups excluding carboxylic acids is 1. The van der Waals surface area contributed by atoms with Crippen LogP contribution < -0.4 is 0 Å². The summed E-state index contributed by atoms with van der Waals surface area (Å²) in [7, 11) is -3.05. The summed E-state index contributed by atoms with van der Waals surface area (Å²) in [6.45, 7) is 4.19. The first-order chi connectivity index (χ1) is 9.27. The highest BCUT2D eigenvalue weighted by atomic mass is 35.5. The van der Waals surface area contributed by atoms with Gasteiger partial charge in [0, 0.05) is 17.1 Å². The summed E-state index contributed by atoms with van der Waals surface area (Å²) >= 11 is 5.82. The monoisotopic (exact) mass is 315 g/mol. The minimum Gasteiger partial charge on any atom is -0.332 e. The van der Waals surface area contributed by atoms with Gasteiger partial charge in [0.15, 0.2) is 9.84 Å². The Balaban J connectivity index is 2.29. The lowest BCUT2D eigenvalue weighted by Crippen LogP contribution is -2.50. The molecule has 0 aliphatic carbocycles. The fourth-order valence-corrected chi connectivity index (χ4v) is 4.99. The molecule has 2 rings (SSSR count). The molecule has 1 aliphatic rings. The quantitative estimate of drug-likeness (QED) is 0.860. The van der Waals surface area contributed by atoms with Gasteiger partial charge in [-0.15, -0.1) is 0 Å². The summed E-state index contributed by atoms with van der Waals surface area (Å²) in [5.41, 5.74) is -0.0913. The zero-order chi connectivity index (χ0) is 15.0. The van der Waals surface area contributed by atoms with Crippen molar-refractivity contribution in [2.75, 3.05) is 18.1 Å². The van der Waals surface area contributed by atoms with E-state index in [1.54, 1.807) is 29.2 Å². The smallest absolute Gasteiger partial charge is 0.254 e. The second-order valence-corrected chi connectivity index (χ2v) is 8.02. The molecule has 20 heavy (non-hydrogen) atoms. The largest absolute Gasteiger partial charge is 0.332 e. The summed E-state index contributed by atoms with van der Waals surface area (Å²) in [6.07, 6.45) is 0.489. The zero-order valence-electron chi connectivity index (χ0n) is 11.6. The molecule has 1 fully saturated rings. The number of hydrogen-bond donors (Lipinski definition) is 0. The van der Waals surface area contributed by atoms with E-state index in [0.29, 0.717) is 23.6 Å². The van der Waals surface area contributed by atoms with Crippen molar-refractivity contribution < 1.29 is 13.2 Å². The van der Waals surface area contributed by atoms with E-state index in [2.05, 4.69) is 0 Å². The second-order valence-electron chi connectivity index (χ2n) is 5.40. The molecule has 1 unspecified atom stereocenters. The van der Waals surface area contributed by atoms with Crippen LogP contribution in [0.15, 0.2) is 24.3 Å². The van der Waals surface area contributed by atoms with E-state index in [0.717, 1.165) is 0 Å². The van der Waals surface area contributed by atoms with E-state index in [1.807, 2.05) is 13.8 Å². The number of carbonyl (C=O) groups is 1. The van der Waals surface area contributed by atoms with Crippen molar-refractivity contribution in [2.24, 2.45) is 0 Å². The minimum absolute atomic E-state index is 0.0349. The Morgan fingerprint density at radius 3 is 2.40 bits per heavy atom. The van der Waals surface area contributed by atoms with Crippen molar-refractivity contribution in [2.45, 2.75) is 25.8 Å². The number of rotatable bonds is 3. The highest BCUT2D eigenvalue weighted by molar-refractivity contribution is 7.91. The Labute approximate surface area is 124 Å². The lowest BCUT2D eigenvalue weighted by Gasteiger charge is -2.37. The Hall–Kier alpha value is -1.07. The number of sulfone groups is 1. The maximum absolute atomic E-state index is 12.6. The van der Waals surface area contributed by atoms with Crippen LogP contribution in [0.2, 0.25) is 5.02 Å². The minimum atomic E-state index is -3.05. The van der Waals surface area contributed by atoms with Crippen LogP contribution in [0.3, 0.4) is 0 Å². The molecule has 4 nitrogen and oxygen atoms in total. The first-order valence-corrected chi connectivity index (χ1v) is 8.75. The summed E-state index contributed by atoms with van der Waals surface area (Å²) < 4.78 is 23.4. The van der Waals surface area contributed by atoms with Crippen LogP contribution in [0.1, 0.15) is 30.6 Å². The number of hydrogen-bond acceptors (Lipinski definition) is 3. The molecule has 1 saturated heterocycles. The van der Waals surface area contributed by atoms with Crippen molar-refractivity contribution in [3.05, 3.63) is 34.9 Å². The van der Waals surface area contributed by atoms with Gasteiger partial charge in [-0.3, -0.25) is 4.79 Å². The van der Waals surface area contributed by atoms with Gasteiger partial charge in [-0.25, -0.2) is 8.42 Å². The van der Waals surface area contributed by atoms with E-state index < -0.39 is 15.4 Å². The zero-order valence-corrected chi connectivity index (χ0v) is 13.2. The molecule has 0 bridgehead atoms. The van der Waals surface area contributed by atoms with E-state index in [9.17, 15) is 13.2 Å². The lowest BCUT2D eigenvalue weighted by molar-refractivity contribution is 0.0578. The predicted octanol–water partition coefficient (Wildman–Crippen LogP) is 2.38. The van der Waals surface area contributed by atoms with Crippen LogP contribution in [0.5, 0.6) is 0 Å². The molecule has 6 heteroatoms. The summed E-state index contributed by atoms with van der Waals surface area (Å²) in [4.78, 5) is 14.2. The molecular formula is C14H18ClNO3S. The molecule has 1 aromatic carbocycles. The Kier molecular flexibility index (Phi) is 4.12. The highest BCUT2D eigenvalue weighted by Crippen LogP contribution is 2.30. The van der Waals surface area contributed by atoms with Gasteiger partial charge in [-0.1, -0.05) is 11.6 Å². The van der Waals surface area contributed by atoms with Crippen LogP contribution in [-0.2, 0) is 9.84 Å². The number of halogens is 1. The molecular weight excluding hydrogens is 298 g/mol. The van der Waals surface area contributed by atoms with Gasteiger partial charge >= 0.3 is 0 Å². The van der Waals surface area contributed by atoms with Crippen LogP contribution in [0.25, 0.3) is 0 Å². The SMILES string of the molecule is CCN(C(=O)c1ccc(Cl)cc1)C1(C)CCS(=O)(=O)C1. The first-order valence-electron chi connectivity index (χ1n) is 6.55. The molecule has 110 valence electrons. The normalized spacial score (nSPS) is 24.6. The fourth-order valence-electron chi connectivity index (χ4n) is 2.73. The average Bonchev–Trinajstić information content (AvgIpc) is 2.65. The third-order valence-corrected chi connectivity index (χ3v) is 5.93. The van der Waals surface area contributed by atoms with E-state index in [1.165, 1.54) is 0 Å². The van der Waals surface area contributed by atoms with Gasteiger partial charge in [0.1, 0.15) is 0 Å². The van der Waals surface area contributed by atoms with Gasteiger partial charge in [0.25, 0.3) is 5.91 Å². The van der Waals surface area contributed by atoms with E-state index in [-0.39, 0.29) is 17.4 Å². The Morgan fingerprint density at radius 1 is 1.35 bits per heavy atom. The van der Waals surface area contributed by atoms with E-state index >= 15 is 0 Å². The second kappa shape index (κ2) is 5.37. The molecule has 0 spiro atoms. The lowest BCUT2D eigenvalue weighted by atomic mass is 9.98. The van der Waals surface area contributed by atoms with Crippen molar-refractivity contribution in [3.8, 4) is 0 Å². The van der Waals surface area contributed by atoms with Gasteiger partial charge in [0.2, 0.25) is 0 Å². The van der Waals surface area contributed by atoms with Crippen LogP contribution >= 0.6 is 11.6 Å². The third kappa shape index (κ3) is 2.99. The van der Waals surface area contributed by atoms with Gasteiger partial charge in [-0.2, -0.15) is 0 Å². The predicted molar refractivity (Wildman–Crippen MR) is 79.8 cm³/mol. The molecule has 0 N–H and O–H groups in total. The first kappa shape index (κ1) is 15.3. The third-order valence-electron chi connectivity index (χ3n) is 3.79. The molecule has 0 radical (unpaired) electrons. The standard InChI is InChI=1S/C14H18ClNO3S/c1-3-16(14(2)8-9-20(18,19)10-14)13(17)11-4-6-12(15)7-5-11/h4-7H,3,8-10H2,1-2H3. The van der Waals surface area contributed by atoms with Crippen LogP contribution in [0, 0.1) is 0 Å². The Bertz CT molecular complexity index is 612. The van der Waals surface area contributed by atoms with Crippen molar-refractivity contribution >= 4 is 27.3 Å². The number of nitrogens with zero attached hydrogens (tertiary/aromatic N) is 1. The molecule has 1 atom stereocenters. The van der Waals surface area contributed by atoms with Crippen molar-refractivity contribution in [3.63, 3.8) is 0 Å². The fraction of sp³-hybridized carbons (Fsp3) is 0.500. The maximum atomic E-state index is 12.6. The van der Waals surface area contributed by atoms with Crippen LogP contribution in [0.4, 0.5) is 0 Å². The maximum Gasteiger partial charge on any atom is 0.254 e. The Morgan fingerprint density at radius 2 is 1.95 bits per heavy atom. The summed E-state index contributed by atoms with van der Waals surface area (Å²) in [5, 5.41) is 0.569. The van der Waals surface area contributed by atoms with E-state index in [4.69, 9.17) is 11.6 Å². The van der Waals surface area contributed by atoms with Gasteiger partial charge in [0.05, 0.1) is 17.0 Å². The van der Waals surface area contributed by atoms with Crippen molar-refractivity contribution in [1.29, 1.82) is 0 Å². The summed E-state index contributed by atoms with van der Waals surface area (Å²) in [5.74, 6) is 0.0323. The highest BCUT2D eigenvalue weighted by Gasteiger charge is 2.44. The molecule has 1 aromatic rings. The van der Waals surface area contributed by atoms with Gasteiger partial charge in [-0.05, 0) is 44.5 Å². The molecule has 0 aromatic heterocycles. The molecule has 1 aliphatic heterocycles. The topological polar surface area (TPSA) is 54.5 Å². The summed E-state index contributed by atoms with van der Waals surface area (Å²) in [6, 6.07) is 6.66. The van der Waals surface area contributed by atoms with Crippen molar-refractivity contribution in [1.82, 2.24) is 4.90 Å². The number of benzene rings is 1. The van der Waals surface area contributed by atoms with Gasteiger partial charge < -0.3 is 4.90 Å².